The normalized spacial score (nSPS) is 16.7. The Bertz CT molecular complexity index is 325. The molecule has 0 bridgehead atoms. The largest absolute Gasteiger partial charge is 0.357 e. The first-order valence-corrected chi connectivity index (χ1v) is 9.03. The summed E-state index contributed by atoms with van der Waals surface area (Å²) < 4.78 is 0. The van der Waals surface area contributed by atoms with Crippen LogP contribution in [0.2, 0.25) is 0 Å². The van der Waals surface area contributed by atoms with Crippen molar-refractivity contribution in [2.24, 2.45) is 10.9 Å². The topological polar surface area (TPSA) is 30.9 Å². The quantitative estimate of drug-likeness (QED) is 0.197. The number of piperidine rings is 1. The Balaban J connectivity index is 0.00000484. The van der Waals surface area contributed by atoms with Crippen LogP contribution in [0.5, 0.6) is 0 Å². The number of unbranched alkanes of at least 4 members (excludes halogenated alkanes) is 1. The number of hydrogen-bond donors (Lipinski definition) is 1. The average Bonchev–Trinajstić information content (AvgIpc) is 2.55. The Kier molecular flexibility index (Phi) is 13.9. The van der Waals surface area contributed by atoms with Crippen molar-refractivity contribution in [3.63, 3.8) is 0 Å². The third-order valence-electron chi connectivity index (χ3n) is 4.55. The number of nitrogens with zero attached hydrogens (tertiary/aromatic N) is 3. The van der Waals surface area contributed by atoms with Gasteiger partial charge in [-0.15, -0.1) is 30.6 Å². The summed E-state index contributed by atoms with van der Waals surface area (Å²) in [5, 5.41) is 3.41. The molecule has 0 aromatic heterocycles. The maximum Gasteiger partial charge on any atom is 0.193 e. The van der Waals surface area contributed by atoms with E-state index >= 15 is 0 Å². The summed E-state index contributed by atoms with van der Waals surface area (Å²) in [7, 11) is 2.13. The Morgan fingerprint density at radius 2 is 2.04 bits per heavy atom. The maximum atomic E-state index is 4.82. The molecule has 0 aromatic carbocycles. The molecule has 1 aliphatic rings. The molecule has 0 saturated carbocycles. The van der Waals surface area contributed by atoms with Gasteiger partial charge in [0.25, 0.3) is 0 Å². The molecule has 0 amide bonds. The summed E-state index contributed by atoms with van der Waals surface area (Å²) in [6.45, 7) is 14.8. The van der Waals surface area contributed by atoms with Crippen molar-refractivity contribution in [3.8, 4) is 0 Å². The van der Waals surface area contributed by atoms with Gasteiger partial charge in [0.2, 0.25) is 0 Å². The standard InChI is InChI=1S/C18H36N4.HI/c1-5-8-9-14-21(4)18(19-6-2)20-13-10-17-11-15-22(7-3)16-12-17;/h5,17H,1,6-16H2,2-4H3,(H,19,20);1H. The van der Waals surface area contributed by atoms with Crippen LogP contribution >= 0.6 is 24.0 Å². The molecule has 0 atom stereocenters. The number of halogens is 1. The van der Waals surface area contributed by atoms with Gasteiger partial charge in [-0.25, -0.2) is 0 Å². The molecule has 1 saturated heterocycles. The molecule has 1 N–H and O–H groups in total. The van der Waals surface area contributed by atoms with Crippen molar-refractivity contribution >= 4 is 29.9 Å². The summed E-state index contributed by atoms with van der Waals surface area (Å²) >= 11 is 0. The van der Waals surface area contributed by atoms with Crippen LogP contribution < -0.4 is 5.32 Å². The van der Waals surface area contributed by atoms with Crippen molar-refractivity contribution in [3.05, 3.63) is 12.7 Å². The predicted octanol–water partition coefficient (Wildman–Crippen LogP) is 3.59. The van der Waals surface area contributed by atoms with Gasteiger partial charge >= 0.3 is 0 Å². The molecule has 4 nitrogen and oxygen atoms in total. The second-order valence-corrected chi connectivity index (χ2v) is 6.25. The molecule has 0 radical (unpaired) electrons. The molecule has 0 aliphatic carbocycles. The molecular formula is C18H37IN4. The van der Waals surface area contributed by atoms with Crippen molar-refractivity contribution in [1.82, 2.24) is 15.1 Å². The minimum Gasteiger partial charge on any atom is -0.357 e. The number of hydrogen-bond acceptors (Lipinski definition) is 2. The van der Waals surface area contributed by atoms with E-state index in [9.17, 15) is 0 Å². The minimum absolute atomic E-state index is 0. The fourth-order valence-corrected chi connectivity index (χ4v) is 2.99. The average molecular weight is 436 g/mol. The first kappa shape index (κ1) is 22.7. The summed E-state index contributed by atoms with van der Waals surface area (Å²) in [5.41, 5.74) is 0. The number of aliphatic imine (C=N–C) groups is 1. The lowest BCUT2D eigenvalue weighted by Gasteiger charge is -2.30. The lowest BCUT2D eigenvalue weighted by Crippen LogP contribution is -2.39. The first-order chi connectivity index (χ1) is 10.7. The molecule has 1 aliphatic heterocycles. The number of rotatable bonds is 9. The second kappa shape index (κ2) is 14.1. The molecule has 23 heavy (non-hydrogen) atoms. The summed E-state index contributed by atoms with van der Waals surface area (Å²) in [6, 6.07) is 0. The van der Waals surface area contributed by atoms with Gasteiger partial charge < -0.3 is 15.1 Å². The minimum atomic E-state index is 0. The van der Waals surface area contributed by atoms with E-state index in [0.29, 0.717) is 0 Å². The zero-order valence-electron chi connectivity index (χ0n) is 15.4. The summed E-state index contributed by atoms with van der Waals surface area (Å²) in [4.78, 5) is 9.61. The van der Waals surface area contributed by atoms with E-state index in [1.54, 1.807) is 0 Å². The van der Waals surface area contributed by atoms with E-state index in [1.165, 1.54) is 38.9 Å². The van der Waals surface area contributed by atoms with Crippen molar-refractivity contribution in [1.29, 1.82) is 0 Å². The van der Waals surface area contributed by atoms with Gasteiger partial charge in [0.1, 0.15) is 0 Å². The first-order valence-electron chi connectivity index (χ1n) is 9.03. The molecule has 0 unspecified atom stereocenters. The molecule has 0 aromatic rings. The van der Waals surface area contributed by atoms with Gasteiger partial charge in [-0.3, -0.25) is 4.99 Å². The van der Waals surface area contributed by atoms with E-state index in [2.05, 4.69) is 42.6 Å². The van der Waals surface area contributed by atoms with Crippen LogP contribution in [-0.4, -0.2) is 62.1 Å². The lowest BCUT2D eigenvalue weighted by atomic mass is 9.94. The van der Waals surface area contributed by atoms with Gasteiger partial charge in [-0.2, -0.15) is 0 Å². The van der Waals surface area contributed by atoms with Crippen LogP contribution in [0.15, 0.2) is 17.6 Å². The van der Waals surface area contributed by atoms with Crippen LogP contribution in [0, 0.1) is 5.92 Å². The highest BCUT2D eigenvalue weighted by atomic mass is 127. The fourth-order valence-electron chi connectivity index (χ4n) is 2.99. The highest BCUT2D eigenvalue weighted by Gasteiger charge is 2.17. The van der Waals surface area contributed by atoms with E-state index in [1.807, 2.05) is 6.08 Å². The molecule has 1 heterocycles. The molecule has 0 spiro atoms. The molecule has 5 heteroatoms. The molecular weight excluding hydrogens is 399 g/mol. The van der Waals surface area contributed by atoms with Crippen LogP contribution in [-0.2, 0) is 0 Å². The third kappa shape index (κ3) is 9.55. The van der Waals surface area contributed by atoms with Gasteiger partial charge in [-0.05, 0) is 64.6 Å². The zero-order chi connectivity index (χ0) is 16.2. The fraction of sp³-hybridized carbons (Fsp3) is 0.833. The molecule has 136 valence electrons. The second-order valence-electron chi connectivity index (χ2n) is 6.25. The maximum absolute atomic E-state index is 4.82. The summed E-state index contributed by atoms with van der Waals surface area (Å²) in [5.74, 6) is 1.91. The third-order valence-corrected chi connectivity index (χ3v) is 4.55. The van der Waals surface area contributed by atoms with Crippen molar-refractivity contribution < 1.29 is 0 Å². The zero-order valence-corrected chi connectivity index (χ0v) is 17.7. The lowest BCUT2D eigenvalue weighted by molar-refractivity contribution is 0.188. The van der Waals surface area contributed by atoms with Gasteiger partial charge in [-0.1, -0.05) is 13.0 Å². The van der Waals surface area contributed by atoms with Crippen molar-refractivity contribution in [2.75, 3.05) is 46.3 Å². The number of likely N-dealkylation sites (tertiary alicyclic amines) is 1. The summed E-state index contributed by atoms with van der Waals surface area (Å²) in [6.07, 6.45) is 8.11. The highest BCUT2D eigenvalue weighted by Crippen LogP contribution is 2.20. The Morgan fingerprint density at radius 3 is 2.61 bits per heavy atom. The van der Waals surface area contributed by atoms with E-state index < -0.39 is 0 Å². The molecule has 1 fully saturated rings. The van der Waals surface area contributed by atoms with Gasteiger partial charge in [0.15, 0.2) is 5.96 Å². The SMILES string of the molecule is C=CCCCN(C)C(=NCCC1CCN(CC)CC1)NCC.I. The highest BCUT2D eigenvalue weighted by molar-refractivity contribution is 14.0. The van der Waals surface area contributed by atoms with Crippen molar-refractivity contribution in [2.45, 2.75) is 46.0 Å². The van der Waals surface area contributed by atoms with E-state index in [-0.39, 0.29) is 24.0 Å². The predicted molar refractivity (Wildman–Crippen MR) is 113 cm³/mol. The number of guanidine groups is 1. The van der Waals surface area contributed by atoms with Crippen LogP contribution in [0.4, 0.5) is 0 Å². The van der Waals surface area contributed by atoms with E-state index in [0.717, 1.165) is 44.4 Å². The van der Waals surface area contributed by atoms with Gasteiger partial charge in [0, 0.05) is 26.7 Å². The van der Waals surface area contributed by atoms with Gasteiger partial charge in [0.05, 0.1) is 0 Å². The number of nitrogens with one attached hydrogen (secondary N) is 1. The Hall–Kier alpha value is -0.300. The number of allylic oxidation sites excluding steroid dienone is 1. The smallest absolute Gasteiger partial charge is 0.193 e. The monoisotopic (exact) mass is 436 g/mol. The van der Waals surface area contributed by atoms with E-state index in [4.69, 9.17) is 4.99 Å². The van der Waals surface area contributed by atoms with Crippen LogP contribution in [0.25, 0.3) is 0 Å². The Labute approximate surface area is 160 Å². The van der Waals surface area contributed by atoms with Crippen LogP contribution in [0.3, 0.4) is 0 Å². The van der Waals surface area contributed by atoms with Crippen LogP contribution in [0.1, 0.15) is 46.0 Å². The molecule has 1 rings (SSSR count). The Morgan fingerprint density at radius 1 is 1.35 bits per heavy atom.